The Balaban J connectivity index is 1.71. The smallest absolute Gasteiger partial charge is 0.119 e. The molecular formula is C28H46O. The topological polar surface area (TPSA) is 9.23 Å². The minimum Gasteiger partial charge on any atom is -0.493 e. The minimum absolute atomic E-state index is 0.694. The van der Waals surface area contributed by atoms with Gasteiger partial charge in [-0.2, -0.15) is 0 Å². The maximum atomic E-state index is 6.08. The van der Waals surface area contributed by atoms with Crippen LogP contribution in [0.1, 0.15) is 116 Å². The highest BCUT2D eigenvalue weighted by Gasteiger charge is 2.15. The molecule has 0 aromatic heterocycles. The molecule has 0 N–H and O–H groups in total. The quantitative estimate of drug-likeness (QED) is 0.267. The third-order valence-electron chi connectivity index (χ3n) is 6.74. The lowest BCUT2D eigenvalue weighted by Crippen LogP contribution is -2.11. The van der Waals surface area contributed by atoms with Crippen molar-refractivity contribution in [3.8, 4) is 5.75 Å². The van der Waals surface area contributed by atoms with Crippen molar-refractivity contribution in [2.24, 2.45) is 11.8 Å². The van der Waals surface area contributed by atoms with Crippen LogP contribution < -0.4 is 4.74 Å². The molecule has 0 amide bonds. The van der Waals surface area contributed by atoms with Crippen molar-refractivity contribution in [2.75, 3.05) is 6.61 Å². The Morgan fingerprint density at radius 2 is 1.62 bits per heavy atom. The molecule has 0 saturated heterocycles. The van der Waals surface area contributed by atoms with E-state index in [-0.39, 0.29) is 0 Å². The summed E-state index contributed by atoms with van der Waals surface area (Å²) in [5.41, 5.74) is 2.94. The Kier molecular flexibility index (Phi) is 12.2. The zero-order valence-corrected chi connectivity index (χ0v) is 19.6. The molecule has 1 aliphatic carbocycles. The fourth-order valence-corrected chi connectivity index (χ4v) is 4.50. The minimum atomic E-state index is 0.694. The molecule has 0 aliphatic heterocycles. The van der Waals surface area contributed by atoms with Gasteiger partial charge in [-0.25, -0.2) is 0 Å². The van der Waals surface area contributed by atoms with Gasteiger partial charge in [0.25, 0.3) is 0 Å². The Labute approximate surface area is 181 Å². The van der Waals surface area contributed by atoms with Crippen LogP contribution in [0.4, 0.5) is 0 Å². The van der Waals surface area contributed by atoms with Crippen molar-refractivity contribution < 1.29 is 4.74 Å². The highest BCUT2D eigenvalue weighted by molar-refractivity contribution is 5.66. The van der Waals surface area contributed by atoms with E-state index in [9.17, 15) is 0 Å². The van der Waals surface area contributed by atoms with Crippen LogP contribution in [0.3, 0.4) is 0 Å². The molecular weight excluding hydrogens is 352 g/mol. The summed E-state index contributed by atoms with van der Waals surface area (Å²) in [4.78, 5) is 0. The third-order valence-corrected chi connectivity index (χ3v) is 6.74. The van der Waals surface area contributed by atoms with Crippen molar-refractivity contribution in [2.45, 2.75) is 111 Å². The van der Waals surface area contributed by atoms with Crippen molar-refractivity contribution in [1.82, 2.24) is 0 Å². The van der Waals surface area contributed by atoms with E-state index in [1.165, 1.54) is 95.5 Å². The van der Waals surface area contributed by atoms with Gasteiger partial charge in [0.15, 0.2) is 0 Å². The van der Waals surface area contributed by atoms with Crippen molar-refractivity contribution in [1.29, 1.82) is 0 Å². The fourth-order valence-electron chi connectivity index (χ4n) is 4.50. The SMILES string of the molecule is CCCCCCCCC1CC=C(c2ccc(OCC(CC)CCCC)cc2)CC1. The summed E-state index contributed by atoms with van der Waals surface area (Å²) in [5, 5.41) is 0. The molecule has 0 radical (unpaired) electrons. The Morgan fingerprint density at radius 3 is 2.28 bits per heavy atom. The lowest BCUT2D eigenvalue weighted by Gasteiger charge is -2.22. The van der Waals surface area contributed by atoms with Crippen molar-refractivity contribution in [3.05, 3.63) is 35.9 Å². The largest absolute Gasteiger partial charge is 0.493 e. The molecule has 0 heterocycles. The first-order valence-corrected chi connectivity index (χ1v) is 12.7. The molecule has 2 rings (SSSR count). The number of hydrogen-bond acceptors (Lipinski definition) is 1. The normalized spacial score (nSPS) is 17.8. The van der Waals surface area contributed by atoms with Gasteiger partial charge in [0.2, 0.25) is 0 Å². The van der Waals surface area contributed by atoms with Crippen LogP contribution in [-0.2, 0) is 0 Å². The van der Waals surface area contributed by atoms with Gasteiger partial charge in [0, 0.05) is 0 Å². The summed E-state index contributed by atoms with van der Waals surface area (Å²) in [6.45, 7) is 7.70. The van der Waals surface area contributed by atoms with Gasteiger partial charge < -0.3 is 4.74 Å². The molecule has 1 aromatic rings. The number of unbranched alkanes of at least 4 members (excludes halogenated alkanes) is 6. The van der Waals surface area contributed by atoms with Gasteiger partial charge in [-0.05, 0) is 60.8 Å². The Hall–Kier alpha value is -1.24. The Bertz CT molecular complexity index is 556. The van der Waals surface area contributed by atoms with Gasteiger partial charge >= 0.3 is 0 Å². The van der Waals surface area contributed by atoms with E-state index in [0.717, 1.165) is 18.3 Å². The zero-order chi connectivity index (χ0) is 20.7. The predicted molar refractivity (Wildman–Crippen MR) is 129 cm³/mol. The number of rotatable bonds is 15. The standard InChI is InChI=1S/C28H46O/c1-4-7-9-10-11-12-14-25-15-17-26(18-16-25)27-19-21-28(22-20-27)29-23-24(6-3)13-8-5-2/h17,19-22,24-25H,4-16,18,23H2,1-3H3. The zero-order valence-electron chi connectivity index (χ0n) is 19.6. The van der Waals surface area contributed by atoms with Gasteiger partial charge in [-0.1, -0.05) is 103 Å². The van der Waals surface area contributed by atoms with Crippen LogP contribution in [0.15, 0.2) is 30.3 Å². The van der Waals surface area contributed by atoms with Gasteiger partial charge in [-0.3, -0.25) is 0 Å². The fraction of sp³-hybridized carbons (Fsp3) is 0.714. The second-order valence-corrected chi connectivity index (χ2v) is 9.18. The van der Waals surface area contributed by atoms with E-state index in [1.807, 2.05) is 0 Å². The second-order valence-electron chi connectivity index (χ2n) is 9.18. The van der Waals surface area contributed by atoms with E-state index >= 15 is 0 Å². The number of hydrogen-bond donors (Lipinski definition) is 0. The van der Waals surface area contributed by atoms with E-state index in [1.54, 1.807) is 5.57 Å². The summed E-state index contributed by atoms with van der Waals surface area (Å²) >= 11 is 0. The molecule has 0 bridgehead atoms. The van der Waals surface area contributed by atoms with Crippen LogP contribution >= 0.6 is 0 Å². The molecule has 0 saturated carbocycles. The highest BCUT2D eigenvalue weighted by Crippen LogP contribution is 2.33. The molecule has 29 heavy (non-hydrogen) atoms. The van der Waals surface area contributed by atoms with Crippen LogP contribution in [0.25, 0.3) is 5.57 Å². The molecule has 1 nitrogen and oxygen atoms in total. The number of allylic oxidation sites excluding steroid dienone is 2. The third kappa shape index (κ3) is 9.41. The lowest BCUT2D eigenvalue weighted by molar-refractivity contribution is 0.233. The first-order valence-electron chi connectivity index (χ1n) is 12.7. The van der Waals surface area contributed by atoms with Gasteiger partial charge in [0.05, 0.1) is 6.61 Å². The molecule has 1 aliphatic rings. The molecule has 2 atom stereocenters. The first-order chi connectivity index (χ1) is 14.3. The molecule has 0 fully saturated rings. The average molecular weight is 399 g/mol. The van der Waals surface area contributed by atoms with Crippen LogP contribution in [0, 0.1) is 11.8 Å². The van der Waals surface area contributed by atoms with E-state index in [0.29, 0.717) is 5.92 Å². The summed E-state index contributed by atoms with van der Waals surface area (Å²) in [6, 6.07) is 8.88. The van der Waals surface area contributed by atoms with Crippen LogP contribution in [0.2, 0.25) is 0 Å². The number of benzene rings is 1. The molecule has 164 valence electrons. The molecule has 1 heteroatoms. The highest BCUT2D eigenvalue weighted by atomic mass is 16.5. The van der Waals surface area contributed by atoms with E-state index in [4.69, 9.17) is 4.74 Å². The van der Waals surface area contributed by atoms with Crippen molar-refractivity contribution in [3.63, 3.8) is 0 Å². The van der Waals surface area contributed by atoms with Gasteiger partial charge in [0.1, 0.15) is 5.75 Å². The molecule has 1 aromatic carbocycles. The number of ether oxygens (including phenoxy) is 1. The summed E-state index contributed by atoms with van der Waals surface area (Å²) in [6.07, 6.45) is 21.4. The molecule has 2 unspecified atom stereocenters. The van der Waals surface area contributed by atoms with E-state index < -0.39 is 0 Å². The van der Waals surface area contributed by atoms with Crippen molar-refractivity contribution >= 4 is 5.57 Å². The predicted octanol–water partition coefficient (Wildman–Crippen LogP) is 9.22. The molecule has 0 spiro atoms. The summed E-state index contributed by atoms with van der Waals surface area (Å²) in [5.74, 6) is 2.64. The summed E-state index contributed by atoms with van der Waals surface area (Å²) in [7, 11) is 0. The van der Waals surface area contributed by atoms with E-state index in [2.05, 4.69) is 51.1 Å². The monoisotopic (exact) mass is 398 g/mol. The Morgan fingerprint density at radius 1 is 0.897 bits per heavy atom. The lowest BCUT2D eigenvalue weighted by atomic mass is 9.84. The van der Waals surface area contributed by atoms with Gasteiger partial charge in [-0.15, -0.1) is 0 Å². The maximum absolute atomic E-state index is 6.08. The second kappa shape index (κ2) is 14.7. The first kappa shape index (κ1) is 24.0. The van der Waals surface area contributed by atoms with Crippen LogP contribution in [-0.4, -0.2) is 6.61 Å². The maximum Gasteiger partial charge on any atom is 0.119 e. The van der Waals surface area contributed by atoms with Crippen LogP contribution in [0.5, 0.6) is 5.75 Å². The summed E-state index contributed by atoms with van der Waals surface area (Å²) < 4.78 is 6.08. The average Bonchev–Trinajstić information content (AvgIpc) is 2.77.